The van der Waals surface area contributed by atoms with Crippen molar-refractivity contribution < 1.29 is 50.3 Å². The Morgan fingerprint density at radius 1 is 0.559 bits per heavy atom. The summed E-state index contributed by atoms with van der Waals surface area (Å²) in [7, 11) is 0. The lowest BCUT2D eigenvalue weighted by Gasteiger charge is -2.38. The minimum atomic E-state index is -1.45. The molecule has 0 radical (unpaired) electrons. The van der Waals surface area contributed by atoms with Crippen molar-refractivity contribution in [1.29, 1.82) is 0 Å². The number of hydrogen-bond acceptors (Lipinski definition) is 10. The van der Waals surface area contributed by atoms with Crippen LogP contribution in [0.25, 0.3) is 0 Å². The summed E-state index contributed by atoms with van der Waals surface area (Å²) in [5.41, 5.74) is 0. The minimum Gasteiger partial charge on any atom is -0.394 e. The zero-order chi connectivity index (χ0) is 24.6. The number of aliphatic hydroxyl groups excluding tert-OH is 8. The van der Waals surface area contributed by atoms with Crippen molar-refractivity contribution >= 4 is 0 Å². The third-order valence-corrected chi connectivity index (χ3v) is 7.56. The first-order valence-electron chi connectivity index (χ1n) is 11.9. The molecule has 190 valence electrons. The van der Waals surface area contributed by atoms with Crippen LogP contribution in [-0.4, -0.2) is 115 Å². The Morgan fingerprint density at radius 2 is 0.971 bits per heavy atom. The van der Waals surface area contributed by atoms with Crippen LogP contribution in [0.1, 0.15) is 25.7 Å². The van der Waals surface area contributed by atoms with E-state index in [0.29, 0.717) is 11.8 Å². The van der Waals surface area contributed by atoms with E-state index in [4.69, 9.17) is 9.47 Å². The summed E-state index contributed by atoms with van der Waals surface area (Å²) in [5.74, 6) is 12.9. The van der Waals surface area contributed by atoms with E-state index in [1.165, 1.54) is 0 Å². The van der Waals surface area contributed by atoms with Crippen LogP contribution in [0.5, 0.6) is 0 Å². The Balaban J connectivity index is 1.39. The molecule has 10 heteroatoms. The molecule has 4 aliphatic rings. The topological polar surface area (TPSA) is 180 Å². The Labute approximate surface area is 198 Å². The van der Waals surface area contributed by atoms with Crippen LogP contribution in [0, 0.1) is 47.4 Å². The van der Waals surface area contributed by atoms with Crippen molar-refractivity contribution in [1.82, 2.24) is 0 Å². The highest BCUT2D eigenvalue weighted by Gasteiger charge is 2.49. The largest absolute Gasteiger partial charge is 0.394 e. The van der Waals surface area contributed by atoms with Crippen LogP contribution >= 0.6 is 0 Å². The van der Waals surface area contributed by atoms with E-state index < -0.39 is 74.3 Å². The van der Waals surface area contributed by atoms with E-state index >= 15 is 0 Å². The predicted octanol–water partition coefficient (Wildman–Crippen LogP) is -3.27. The molecule has 0 aromatic rings. The molecule has 8 N–H and O–H groups in total. The average Bonchev–Trinajstić information content (AvgIpc) is 3.64. The van der Waals surface area contributed by atoms with Crippen LogP contribution in [0.3, 0.4) is 0 Å². The molecule has 34 heavy (non-hydrogen) atoms. The molecule has 4 rings (SSSR count). The van der Waals surface area contributed by atoms with E-state index in [1.54, 1.807) is 0 Å². The van der Waals surface area contributed by atoms with E-state index in [0.717, 1.165) is 25.7 Å². The molecule has 0 spiro atoms. The average molecular weight is 483 g/mol. The van der Waals surface area contributed by atoms with Gasteiger partial charge in [0, 0.05) is 11.8 Å². The zero-order valence-electron chi connectivity index (χ0n) is 18.7. The van der Waals surface area contributed by atoms with Gasteiger partial charge in [0.2, 0.25) is 0 Å². The summed E-state index contributed by atoms with van der Waals surface area (Å²) < 4.78 is 10.9. The standard InChI is InChI=1S/C24H34O10/c25-9-17-21(29)23(31)19(27)15(33-17)6-4-11-2-1-3-12(14-8-13(11)14)5-7-16-20(28)24(32)22(30)18(10-26)34-16/h11-32H,1-3,8-10H2/t11?,12?,13?,14?,15-,16-,17-,18-,19-,20-,21-,22-,23-,24-/m1/s1. The number of rotatable bonds is 2. The third kappa shape index (κ3) is 5.13. The predicted molar refractivity (Wildman–Crippen MR) is 116 cm³/mol. The molecule has 2 heterocycles. The SMILES string of the molecule is OC[C@H]1O[C@H](C#CC2CCCC(C#C[C@H]3O[C@H](CO)[C@@H](O)[C@H](O)[C@@H]3O)C3CC23)[C@@H](O)[C@@H](O)[C@@H]1O. The first-order valence-corrected chi connectivity index (χ1v) is 11.9. The molecule has 14 atom stereocenters. The van der Waals surface area contributed by atoms with Crippen molar-refractivity contribution in [2.24, 2.45) is 23.7 Å². The maximum Gasteiger partial charge on any atom is 0.147 e. The van der Waals surface area contributed by atoms with E-state index in [1.807, 2.05) is 0 Å². The number of ether oxygens (including phenoxy) is 2. The molecule has 0 aromatic carbocycles. The number of fused-ring (bicyclic) bond motifs is 1. The molecule has 10 nitrogen and oxygen atoms in total. The highest BCUT2D eigenvalue weighted by Crippen LogP contribution is 2.53. The Hall–Kier alpha value is -1.28. The molecular weight excluding hydrogens is 448 g/mol. The first-order chi connectivity index (χ1) is 16.3. The van der Waals surface area contributed by atoms with Gasteiger partial charge in [-0.05, 0) is 31.1 Å². The molecule has 0 amide bonds. The molecule has 4 unspecified atom stereocenters. The van der Waals surface area contributed by atoms with Crippen LogP contribution in [0.4, 0.5) is 0 Å². The second-order valence-electron chi connectivity index (χ2n) is 9.78. The summed E-state index contributed by atoms with van der Waals surface area (Å²) >= 11 is 0. The summed E-state index contributed by atoms with van der Waals surface area (Å²) in [6.45, 7) is -0.988. The van der Waals surface area contributed by atoms with Crippen molar-refractivity contribution in [2.75, 3.05) is 13.2 Å². The van der Waals surface area contributed by atoms with Crippen LogP contribution in [-0.2, 0) is 9.47 Å². The monoisotopic (exact) mass is 482 g/mol. The summed E-state index contributed by atoms with van der Waals surface area (Å²) in [6.07, 6.45) is -8.96. The fourth-order valence-electron chi connectivity index (χ4n) is 5.33. The molecule has 0 aromatic heterocycles. The van der Waals surface area contributed by atoms with E-state index in [9.17, 15) is 40.9 Å². The lowest BCUT2D eigenvalue weighted by Crippen LogP contribution is -2.58. The van der Waals surface area contributed by atoms with Crippen LogP contribution in [0.15, 0.2) is 0 Å². The van der Waals surface area contributed by atoms with Gasteiger partial charge >= 0.3 is 0 Å². The normalized spacial score (nSPS) is 50.6. The van der Waals surface area contributed by atoms with Crippen LogP contribution in [0.2, 0.25) is 0 Å². The zero-order valence-corrected chi connectivity index (χ0v) is 18.7. The molecule has 4 fully saturated rings. The molecule has 2 saturated heterocycles. The molecule has 2 saturated carbocycles. The maximum atomic E-state index is 10.2. The van der Waals surface area contributed by atoms with Gasteiger partial charge in [0.15, 0.2) is 0 Å². The second kappa shape index (κ2) is 10.8. The van der Waals surface area contributed by atoms with Gasteiger partial charge in [0.05, 0.1) is 13.2 Å². The highest BCUT2D eigenvalue weighted by molar-refractivity contribution is 5.21. The van der Waals surface area contributed by atoms with E-state index in [-0.39, 0.29) is 11.8 Å². The van der Waals surface area contributed by atoms with Crippen molar-refractivity contribution in [2.45, 2.75) is 86.7 Å². The van der Waals surface area contributed by atoms with Crippen molar-refractivity contribution in [3.8, 4) is 23.7 Å². The maximum absolute atomic E-state index is 10.2. The van der Waals surface area contributed by atoms with Gasteiger partial charge in [0.1, 0.15) is 61.0 Å². The Kier molecular flexibility index (Phi) is 8.17. The van der Waals surface area contributed by atoms with Crippen molar-refractivity contribution in [3.05, 3.63) is 0 Å². The highest BCUT2D eigenvalue weighted by atomic mass is 16.5. The van der Waals surface area contributed by atoms with Gasteiger partial charge in [0.25, 0.3) is 0 Å². The molecule has 2 aliphatic carbocycles. The van der Waals surface area contributed by atoms with Gasteiger partial charge in [-0.15, -0.1) is 0 Å². The van der Waals surface area contributed by atoms with Gasteiger partial charge in [-0.2, -0.15) is 0 Å². The smallest absolute Gasteiger partial charge is 0.147 e. The quantitative estimate of drug-likeness (QED) is 0.186. The third-order valence-electron chi connectivity index (χ3n) is 7.56. The number of hydrogen-bond donors (Lipinski definition) is 8. The lowest BCUT2D eigenvalue weighted by atomic mass is 9.93. The Morgan fingerprint density at radius 3 is 1.35 bits per heavy atom. The first kappa shape index (κ1) is 25.8. The van der Waals surface area contributed by atoms with Gasteiger partial charge in [-0.3, -0.25) is 0 Å². The van der Waals surface area contributed by atoms with E-state index in [2.05, 4.69) is 23.7 Å². The lowest BCUT2D eigenvalue weighted by molar-refractivity contribution is -0.214. The van der Waals surface area contributed by atoms with Gasteiger partial charge in [-0.25, -0.2) is 0 Å². The summed E-state index contributed by atoms with van der Waals surface area (Å²) in [5, 5.41) is 78.8. The fourth-order valence-corrected chi connectivity index (χ4v) is 5.33. The summed E-state index contributed by atoms with van der Waals surface area (Å²) in [6, 6.07) is 0. The molecular formula is C24H34O10. The molecule has 2 aliphatic heterocycles. The van der Waals surface area contributed by atoms with Gasteiger partial charge in [-0.1, -0.05) is 30.1 Å². The number of aliphatic hydroxyl groups is 8. The van der Waals surface area contributed by atoms with Crippen LogP contribution < -0.4 is 0 Å². The van der Waals surface area contributed by atoms with Gasteiger partial charge < -0.3 is 50.3 Å². The van der Waals surface area contributed by atoms with Crippen molar-refractivity contribution in [3.63, 3.8) is 0 Å². The Bertz CT molecular complexity index is 759. The minimum absolute atomic E-state index is 0.0661. The fraction of sp³-hybridized carbons (Fsp3) is 0.833. The molecule has 0 bridgehead atoms. The summed E-state index contributed by atoms with van der Waals surface area (Å²) in [4.78, 5) is 0. The second-order valence-corrected chi connectivity index (χ2v) is 9.78.